The highest BCUT2D eigenvalue weighted by molar-refractivity contribution is 7.88. The van der Waals surface area contributed by atoms with Crippen LogP contribution in [0.3, 0.4) is 0 Å². The molecule has 7 nitrogen and oxygen atoms in total. The molecule has 0 amide bonds. The molecule has 1 aromatic rings. The lowest BCUT2D eigenvalue weighted by molar-refractivity contribution is -0.137. The molecular formula is C10H16N2O5S. The molecule has 0 saturated heterocycles. The average molecular weight is 276 g/mol. The van der Waals surface area contributed by atoms with Crippen molar-refractivity contribution in [1.82, 2.24) is 9.46 Å². The largest absolute Gasteiger partial charge is 0.481 e. The number of aryl methyl sites for hydroxylation is 1. The van der Waals surface area contributed by atoms with Gasteiger partial charge in [-0.15, -0.1) is 0 Å². The Hall–Kier alpha value is -1.41. The SMILES string of the molecule is Cc1cc(CS(=O)(=O)N(C)CCCC(=O)O)no1. The number of hydrogen-bond acceptors (Lipinski definition) is 5. The second kappa shape index (κ2) is 5.96. The fraction of sp³-hybridized carbons (Fsp3) is 0.600. The Labute approximate surface area is 105 Å². The molecule has 0 aliphatic carbocycles. The van der Waals surface area contributed by atoms with E-state index in [1.165, 1.54) is 7.05 Å². The Morgan fingerprint density at radius 3 is 2.72 bits per heavy atom. The summed E-state index contributed by atoms with van der Waals surface area (Å²) in [5.41, 5.74) is 0.345. The third-order valence-corrected chi connectivity index (χ3v) is 4.14. The van der Waals surface area contributed by atoms with Gasteiger partial charge in [-0.1, -0.05) is 5.16 Å². The summed E-state index contributed by atoms with van der Waals surface area (Å²) in [7, 11) is -2.06. The van der Waals surface area contributed by atoms with Gasteiger partial charge in [0.15, 0.2) is 0 Å². The maximum absolute atomic E-state index is 11.9. The van der Waals surface area contributed by atoms with Gasteiger partial charge in [0.05, 0.1) is 0 Å². The number of hydrogen-bond donors (Lipinski definition) is 1. The molecule has 0 aromatic carbocycles. The third kappa shape index (κ3) is 4.46. The predicted octanol–water partition coefficient (Wildman–Crippen LogP) is 0.609. The minimum atomic E-state index is -3.48. The van der Waals surface area contributed by atoms with Crippen LogP contribution in [0.2, 0.25) is 0 Å². The van der Waals surface area contributed by atoms with E-state index < -0.39 is 16.0 Å². The average Bonchev–Trinajstić information content (AvgIpc) is 2.62. The third-order valence-electron chi connectivity index (χ3n) is 2.35. The Morgan fingerprint density at radius 1 is 1.56 bits per heavy atom. The highest BCUT2D eigenvalue weighted by Gasteiger charge is 2.20. The van der Waals surface area contributed by atoms with E-state index in [0.29, 0.717) is 11.5 Å². The first-order chi connectivity index (χ1) is 8.31. The highest BCUT2D eigenvalue weighted by Crippen LogP contribution is 2.10. The van der Waals surface area contributed by atoms with E-state index in [0.717, 1.165) is 4.31 Å². The van der Waals surface area contributed by atoms with Crippen molar-refractivity contribution >= 4 is 16.0 Å². The van der Waals surface area contributed by atoms with E-state index in [2.05, 4.69) is 5.16 Å². The molecule has 8 heteroatoms. The van der Waals surface area contributed by atoms with E-state index in [9.17, 15) is 13.2 Å². The second-order valence-corrected chi connectivity index (χ2v) is 6.08. The normalized spacial score (nSPS) is 11.9. The molecule has 0 radical (unpaired) electrons. The Balaban J connectivity index is 2.54. The molecule has 1 aromatic heterocycles. The zero-order valence-corrected chi connectivity index (χ0v) is 11.1. The van der Waals surface area contributed by atoms with Gasteiger partial charge < -0.3 is 9.63 Å². The van der Waals surface area contributed by atoms with Gasteiger partial charge in [0.1, 0.15) is 17.2 Å². The van der Waals surface area contributed by atoms with Crippen LogP contribution in [-0.2, 0) is 20.6 Å². The van der Waals surface area contributed by atoms with Gasteiger partial charge in [0.25, 0.3) is 0 Å². The summed E-state index contributed by atoms with van der Waals surface area (Å²) in [5, 5.41) is 12.1. The standard InChI is InChI=1S/C10H16N2O5S/c1-8-6-9(11-17-8)7-18(15,16)12(2)5-3-4-10(13)14/h6H,3-5,7H2,1-2H3,(H,13,14). The van der Waals surface area contributed by atoms with Crippen molar-refractivity contribution in [2.75, 3.05) is 13.6 Å². The lowest BCUT2D eigenvalue weighted by atomic mass is 10.3. The molecule has 1 rings (SSSR count). The maximum Gasteiger partial charge on any atom is 0.303 e. The highest BCUT2D eigenvalue weighted by atomic mass is 32.2. The van der Waals surface area contributed by atoms with Gasteiger partial charge in [-0.25, -0.2) is 12.7 Å². The van der Waals surface area contributed by atoms with E-state index in [1.54, 1.807) is 13.0 Å². The summed E-state index contributed by atoms with van der Waals surface area (Å²) < 4.78 is 29.7. The van der Waals surface area contributed by atoms with Gasteiger partial charge in [-0.3, -0.25) is 4.79 Å². The van der Waals surface area contributed by atoms with Crippen LogP contribution >= 0.6 is 0 Å². The number of aromatic nitrogens is 1. The molecule has 0 spiro atoms. The van der Waals surface area contributed by atoms with Gasteiger partial charge in [-0.2, -0.15) is 0 Å². The van der Waals surface area contributed by atoms with E-state index in [1.807, 2.05) is 0 Å². The van der Waals surface area contributed by atoms with Crippen LogP contribution in [0.4, 0.5) is 0 Å². The first-order valence-corrected chi connectivity index (χ1v) is 7.00. The maximum atomic E-state index is 11.9. The number of aliphatic carboxylic acids is 1. The van der Waals surface area contributed by atoms with Gasteiger partial charge in [0, 0.05) is 26.1 Å². The first-order valence-electron chi connectivity index (χ1n) is 5.39. The van der Waals surface area contributed by atoms with Crippen LogP contribution in [0.1, 0.15) is 24.3 Å². The number of carboxylic acid groups (broad SMARTS) is 1. The molecular weight excluding hydrogens is 260 g/mol. The number of carboxylic acids is 1. The second-order valence-electron chi connectivity index (χ2n) is 4.00. The molecule has 0 aliphatic rings. The van der Waals surface area contributed by atoms with Crippen LogP contribution in [0.15, 0.2) is 10.6 Å². The van der Waals surface area contributed by atoms with Gasteiger partial charge in [-0.05, 0) is 13.3 Å². The van der Waals surface area contributed by atoms with Crippen molar-refractivity contribution in [2.24, 2.45) is 0 Å². The minimum Gasteiger partial charge on any atom is -0.481 e. The number of rotatable bonds is 7. The van der Waals surface area contributed by atoms with Crippen molar-refractivity contribution in [1.29, 1.82) is 0 Å². The number of sulfonamides is 1. The van der Waals surface area contributed by atoms with Gasteiger partial charge >= 0.3 is 5.97 Å². The lowest BCUT2D eigenvalue weighted by Crippen LogP contribution is -2.29. The quantitative estimate of drug-likeness (QED) is 0.783. The minimum absolute atomic E-state index is 0.0527. The molecule has 0 fully saturated rings. The van der Waals surface area contributed by atoms with E-state index >= 15 is 0 Å². The Morgan fingerprint density at radius 2 is 2.22 bits per heavy atom. The zero-order chi connectivity index (χ0) is 13.8. The van der Waals surface area contributed by atoms with Crippen molar-refractivity contribution in [3.63, 3.8) is 0 Å². The van der Waals surface area contributed by atoms with Crippen LogP contribution in [0, 0.1) is 6.92 Å². The molecule has 18 heavy (non-hydrogen) atoms. The summed E-state index contributed by atoms with van der Waals surface area (Å²) in [4.78, 5) is 10.3. The molecule has 0 saturated carbocycles. The fourth-order valence-electron chi connectivity index (χ4n) is 1.38. The topological polar surface area (TPSA) is 101 Å². The number of nitrogens with zero attached hydrogens (tertiary/aromatic N) is 2. The summed E-state index contributed by atoms with van der Waals surface area (Å²) in [6, 6.07) is 1.56. The lowest BCUT2D eigenvalue weighted by Gasteiger charge is -2.15. The van der Waals surface area contributed by atoms with Gasteiger partial charge in [0.2, 0.25) is 10.0 Å². The zero-order valence-electron chi connectivity index (χ0n) is 10.3. The smallest absolute Gasteiger partial charge is 0.303 e. The molecule has 0 atom stereocenters. The van der Waals surface area contributed by atoms with E-state index in [4.69, 9.17) is 9.63 Å². The van der Waals surface area contributed by atoms with Crippen LogP contribution in [-0.4, -0.2) is 42.5 Å². The Kier molecular flexibility index (Phi) is 4.85. The number of carbonyl (C=O) groups is 1. The Bertz CT molecular complexity index is 508. The molecule has 102 valence electrons. The van der Waals surface area contributed by atoms with Crippen LogP contribution < -0.4 is 0 Å². The molecule has 1 heterocycles. The van der Waals surface area contributed by atoms with Crippen molar-refractivity contribution in [2.45, 2.75) is 25.5 Å². The summed E-state index contributed by atoms with van der Waals surface area (Å²) in [6.45, 7) is 1.85. The summed E-state index contributed by atoms with van der Waals surface area (Å²) in [5.74, 6) is -0.630. The van der Waals surface area contributed by atoms with E-state index in [-0.39, 0.29) is 25.1 Å². The summed E-state index contributed by atoms with van der Waals surface area (Å²) >= 11 is 0. The van der Waals surface area contributed by atoms with Crippen molar-refractivity contribution in [3.05, 3.63) is 17.5 Å². The van der Waals surface area contributed by atoms with Crippen molar-refractivity contribution < 1.29 is 22.8 Å². The fourth-order valence-corrected chi connectivity index (χ4v) is 2.51. The first kappa shape index (κ1) is 14.7. The van der Waals surface area contributed by atoms with Crippen molar-refractivity contribution in [3.8, 4) is 0 Å². The van der Waals surface area contributed by atoms with Crippen LogP contribution in [0.5, 0.6) is 0 Å². The molecule has 0 aliphatic heterocycles. The molecule has 0 bridgehead atoms. The molecule has 1 N–H and O–H groups in total. The summed E-state index contributed by atoms with van der Waals surface area (Å²) in [6.07, 6.45) is 0.228. The monoisotopic (exact) mass is 276 g/mol. The predicted molar refractivity (Wildman–Crippen MR) is 63.4 cm³/mol. The molecule has 0 unspecified atom stereocenters. The van der Waals surface area contributed by atoms with Crippen LogP contribution in [0.25, 0.3) is 0 Å².